The number of nitrogens with one attached hydrogen (secondary N) is 1. The molecule has 0 fully saturated rings. The minimum atomic E-state index is -0.944. The number of carbonyl (C=O) groups is 2. The van der Waals surface area contributed by atoms with Crippen LogP contribution in [0.25, 0.3) is 0 Å². The smallest absolute Gasteiger partial charge is 0.240 e. The van der Waals surface area contributed by atoms with Gasteiger partial charge in [-0.15, -0.1) is 0 Å². The van der Waals surface area contributed by atoms with E-state index in [1.807, 2.05) is 6.07 Å². The summed E-state index contributed by atoms with van der Waals surface area (Å²) in [6, 6.07) is 13.5. The first-order valence-corrected chi connectivity index (χ1v) is 7.30. The summed E-state index contributed by atoms with van der Waals surface area (Å²) >= 11 is 0. The summed E-state index contributed by atoms with van der Waals surface area (Å²) in [6.45, 7) is 0. The molecule has 122 valence electrons. The predicted octanol–water partition coefficient (Wildman–Crippen LogP) is 1.45. The topological polar surface area (TPSA) is 96.0 Å². The molecule has 2 amide bonds. The van der Waals surface area contributed by atoms with E-state index in [0.717, 1.165) is 0 Å². The van der Waals surface area contributed by atoms with E-state index >= 15 is 0 Å². The molecule has 0 radical (unpaired) electrons. The van der Waals surface area contributed by atoms with E-state index < -0.39 is 23.7 Å². The molecule has 0 heterocycles. The minimum Gasteiger partial charge on any atom is -0.368 e. The summed E-state index contributed by atoms with van der Waals surface area (Å²) in [4.78, 5) is 23.7. The molecule has 0 bridgehead atoms. The zero-order valence-corrected chi connectivity index (χ0v) is 12.8. The Kier molecular flexibility index (Phi) is 5.63. The lowest BCUT2D eigenvalue weighted by atomic mass is 10.00. The van der Waals surface area contributed by atoms with Crippen LogP contribution in [0.1, 0.15) is 16.7 Å². The van der Waals surface area contributed by atoms with Gasteiger partial charge in [0.2, 0.25) is 11.8 Å². The van der Waals surface area contributed by atoms with Crippen LogP contribution < -0.4 is 11.1 Å². The summed E-state index contributed by atoms with van der Waals surface area (Å²) in [6.07, 6.45) is 0.0510. The standard InChI is InChI=1S/C18H16FN3O2/c19-15-7-3-4-12(8-15)9-17(23)22-16(18(21)24)10-13-5-1-2-6-14(13)11-20/h1-8,16H,9-10H2,(H2,21,24)(H,22,23)/t16-/m0/s1. The first-order chi connectivity index (χ1) is 11.5. The molecule has 3 N–H and O–H groups in total. The lowest BCUT2D eigenvalue weighted by Gasteiger charge is -2.16. The van der Waals surface area contributed by atoms with E-state index in [0.29, 0.717) is 16.7 Å². The first-order valence-electron chi connectivity index (χ1n) is 7.30. The molecule has 0 saturated carbocycles. The van der Waals surface area contributed by atoms with Crippen LogP contribution in [-0.2, 0) is 22.4 Å². The van der Waals surface area contributed by atoms with E-state index in [1.165, 1.54) is 18.2 Å². The highest BCUT2D eigenvalue weighted by Gasteiger charge is 2.20. The van der Waals surface area contributed by atoms with Crippen LogP contribution in [-0.4, -0.2) is 17.9 Å². The molecule has 0 aliphatic rings. The maximum absolute atomic E-state index is 13.1. The Morgan fingerprint density at radius 3 is 2.62 bits per heavy atom. The highest BCUT2D eigenvalue weighted by Crippen LogP contribution is 2.11. The molecular formula is C18H16FN3O2. The summed E-state index contributed by atoms with van der Waals surface area (Å²) in [5.41, 5.74) is 6.88. The van der Waals surface area contributed by atoms with Crippen molar-refractivity contribution in [2.45, 2.75) is 18.9 Å². The first kappa shape index (κ1) is 17.2. The molecule has 0 unspecified atom stereocenters. The van der Waals surface area contributed by atoms with Gasteiger partial charge < -0.3 is 11.1 Å². The lowest BCUT2D eigenvalue weighted by Crippen LogP contribution is -2.46. The second kappa shape index (κ2) is 7.88. The summed E-state index contributed by atoms with van der Waals surface area (Å²) < 4.78 is 13.1. The average Bonchev–Trinajstić information content (AvgIpc) is 2.54. The fourth-order valence-corrected chi connectivity index (χ4v) is 2.33. The van der Waals surface area contributed by atoms with E-state index in [9.17, 15) is 14.0 Å². The molecule has 0 aromatic heterocycles. The Balaban J connectivity index is 2.07. The SMILES string of the molecule is N#Cc1ccccc1C[C@H](NC(=O)Cc1cccc(F)c1)C(N)=O. The summed E-state index contributed by atoms with van der Waals surface area (Å²) in [5.74, 6) is -1.58. The number of hydrogen-bond acceptors (Lipinski definition) is 3. The molecule has 2 aromatic rings. The van der Waals surface area contributed by atoms with Crippen molar-refractivity contribution >= 4 is 11.8 Å². The average molecular weight is 325 g/mol. The zero-order valence-electron chi connectivity index (χ0n) is 12.8. The molecule has 5 nitrogen and oxygen atoms in total. The van der Waals surface area contributed by atoms with Crippen molar-refractivity contribution < 1.29 is 14.0 Å². The van der Waals surface area contributed by atoms with Crippen LogP contribution in [0.5, 0.6) is 0 Å². The number of nitrogens with two attached hydrogens (primary N) is 1. The van der Waals surface area contributed by atoms with Crippen molar-refractivity contribution in [3.05, 3.63) is 71.0 Å². The maximum Gasteiger partial charge on any atom is 0.240 e. The monoisotopic (exact) mass is 325 g/mol. The van der Waals surface area contributed by atoms with Gasteiger partial charge in [0.15, 0.2) is 0 Å². The number of nitriles is 1. The molecule has 6 heteroatoms. The van der Waals surface area contributed by atoms with Gasteiger partial charge in [0.05, 0.1) is 18.1 Å². The van der Waals surface area contributed by atoms with Crippen LogP contribution in [0.3, 0.4) is 0 Å². The number of carbonyl (C=O) groups excluding carboxylic acids is 2. The van der Waals surface area contributed by atoms with E-state index in [1.54, 1.807) is 30.3 Å². The Morgan fingerprint density at radius 2 is 1.96 bits per heavy atom. The largest absolute Gasteiger partial charge is 0.368 e. The molecule has 0 aliphatic heterocycles. The number of rotatable bonds is 6. The Labute approximate surface area is 138 Å². The molecule has 24 heavy (non-hydrogen) atoms. The maximum atomic E-state index is 13.1. The number of nitrogens with zero attached hydrogens (tertiary/aromatic N) is 1. The van der Waals surface area contributed by atoms with E-state index in [4.69, 9.17) is 11.0 Å². The van der Waals surface area contributed by atoms with Crippen molar-refractivity contribution in [1.29, 1.82) is 5.26 Å². The van der Waals surface area contributed by atoms with Crippen molar-refractivity contribution in [1.82, 2.24) is 5.32 Å². The summed E-state index contributed by atoms with van der Waals surface area (Å²) in [5, 5.41) is 11.6. The Hall–Kier alpha value is -3.20. The van der Waals surface area contributed by atoms with Gasteiger partial charge in [-0.3, -0.25) is 9.59 Å². The molecule has 2 rings (SSSR count). The Bertz CT molecular complexity index is 799. The molecule has 1 atom stereocenters. The second-order valence-corrected chi connectivity index (χ2v) is 5.30. The number of benzene rings is 2. The van der Waals surface area contributed by atoms with Gasteiger partial charge in [-0.25, -0.2) is 4.39 Å². The van der Waals surface area contributed by atoms with E-state index in [2.05, 4.69) is 5.32 Å². The number of halogens is 1. The highest BCUT2D eigenvalue weighted by atomic mass is 19.1. The van der Waals surface area contributed by atoms with Gasteiger partial charge >= 0.3 is 0 Å². The Morgan fingerprint density at radius 1 is 1.21 bits per heavy atom. The highest BCUT2D eigenvalue weighted by molar-refractivity contribution is 5.87. The summed E-state index contributed by atoms with van der Waals surface area (Å²) in [7, 11) is 0. The van der Waals surface area contributed by atoms with Crippen LogP contribution in [0.2, 0.25) is 0 Å². The molecule has 0 saturated heterocycles. The quantitative estimate of drug-likeness (QED) is 0.841. The van der Waals surface area contributed by atoms with Gasteiger partial charge in [-0.05, 0) is 29.3 Å². The molecule has 0 spiro atoms. The number of hydrogen-bond donors (Lipinski definition) is 2. The van der Waals surface area contributed by atoms with Gasteiger partial charge in [0, 0.05) is 6.42 Å². The molecular weight excluding hydrogens is 309 g/mol. The normalized spacial score (nSPS) is 11.3. The molecule has 0 aliphatic carbocycles. The predicted molar refractivity (Wildman–Crippen MR) is 86.1 cm³/mol. The van der Waals surface area contributed by atoms with Crippen LogP contribution in [0.15, 0.2) is 48.5 Å². The third kappa shape index (κ3) is 4.65. The third-order valence-electron chi connectivity index (χ3n) is 3.49. The van der Waals surface area contributed by atoms with Crippen LogP contribution >= 0.6 is 0 Å². The minimum absolute atomic E-state index is 0.0680. The van der Waals surface area contributed by atoms with Crippen molar-refractivity contribution in [3.8, 4) is 6.07 Å². The van der Waals surface area contributed by atoms with Crippen LogP contribution in [0.4, 0.5) is 4.39 Å². The van der Waals surface area contributed by atoms with Gasteiger partial charge in [0.1, 0.15) is 11.9 Å². The lowest BCUT2D eigenvalue weighted by molar-refractivity contribution is -0.127. The fraction of sp³-hybridized carbons (Fsp3) is 0.167. The van der Waals surface area contributed by atoms with Gasteiger partial charge in [-0.2, -0.15) is 5.26 Å². The van der Waals surface area contributed by atoms with Crippen molar-refractivity contribution in [2.24, 2.45) is 5.73 Å². The number of amides is 2. The number of primary amides is 1. The van der Waals surface area contributed by atoms with Crippen molar-refractivity contribution in [3.63, 3.8) is 0 Å². The fourth-order valence-electron chi connectivity index (χ4n) is 2.33. The third-order valence-corrected chi connectivity index (χ3v) is 3.49. The van der Waals surface area contributed by atoms with Crippen LogP contribution in [0, 0.1) is 17.1 Å². The second-order valence-electron chi connectivity index (χ2n) is 5.30. The van der Waals surface area contributed by atoms with Crippen molar-refractivity contribution in [2.75, 3.05) is 0 Å². The zero-order chi connectivity index (χ0) is 17.5. The molecule has 2 aromatic carbocycles. The van der Waals surface area contributed by atoms with Gasteiger partial charge in [0.25, 0.3) is 0 Å². The van der Waals surface area contributed by atoms with Gasteiger partial charge in [-0.1, -0.05) is 30.3 Å². The van der Waals surface area contributed by atoms with E-state index in [-0.39, 0.29) is 12.8 Å².